The number of likely N-dealkylation sites (tertiary alicyclic amines) is 1. The Labute approximate surface area is 121 Å². The van der Waals surface area contributed by atoms with Gasteiger partial charge in [-0.3, -0.25) is 14.4 Å². The zero-order valence-electron chi connectivity index (χ0n) is 11.8. The Bertz CT molecular complexity index is 439. The third-order valence-corrected chi connectivity index (χ3v) is 3.22. The van der Waals surface area contributed by atoms with Gasteiger partial charge in [0.15, 0.2) is 0 Å². The highest BCUT2D eigenvalue weighted by Crippen LogP contribution is 2.17. The molecule has 1 heterocycles. The maximum Gasteiger partial charge on any atom is 0.326 e. The van der Waals surface area contributed by atoms with Crippen LogP contribution in [0.1, 0.15) is 19.3 Å². The van der Waals surface area contributed by atoms with E-state index >= 15 is 0 Å². The summed E-state index contributed by atoms with van der Waals surface area (Å²) in [5.41, 5.74) is 4.95. The van der Waals surface area contributed by atoms with Gasteiger partial charge in [-0.1, -0.05) is 0 Å². The largest absolute Gasteiger partial charge is 0.480 e. The molecule has 1 rings (SSSR count). The smallest absolute Gasteiger partial charge is 0.326 e. The number of nitrogens with two attached hydrogens (primary N) is 1. The lowest BCUT2D eigenvalue weighted by Gasteiger charge is -2.25. The lowest BCUT2D eigenvalue weighted by Crippen LogP contribution is -2.52. The molecule has 2 unspecified atom stereocenters. The van der Waals surface area contributed by atoms with Crippen molar-refractivity contribution in [1.29, 1.82) is 0 Å². The fraction of sp³-hybridized carbons (Fsp3) is 0.667. The molecule has 21 heavy (non-hydrogen) atoms. The van der Waals surface area contributed by atoms with Gasteiger partial charge in [0.2, 0.25) is 17.7 Å². The van der Waals surface area contributed by atoms with Crippen LogP contribution in [0.4, 0.5) is 0 Å². The summed E-state index contributed by atoms with van der Waals surface area (Å²) in [7, 11) is 1.62. The summed E-state index contributed by atoms with van der Waals surface area (Å²) in [6.07, 6.45) is 0.642. The first-order valence-electron chi connectivity index (χ1n) is 6.62. The van der Waals surface area contributed by atoms with E-state index in [1.807, 2.05) is 0 Å². The van der Waals surface area contributed by atoms with E-state index in [0.717, 1.165) is 0 Å². The van der Waals surface area contributed by atoms with Crippen molar-refractivity contribution in [1.82, 2.24) is 15.5 Å². The monoisotopic (exact) mass is 300 g/mol. The maximum absolute atomic E-state index is 12.1. The molecule has 0 aromatic heterocycles. The number of hydrogen-bond donors (Lipinski definition) is 4. The second kappa shape index (κ2) is 7.58. The number of nitrogens with one attached hydrogen (secondary N) is 2. The van der Waals surface area contributed by atoms with Gasteiger partial charge < -0.3 is 26.4 Å². The highest BCUT2D eigenvalue weighted by Gasteiger charge is 2.35. The van der Waals surface area contributed by atoms with Gasteiger partial charge in [-0.2, -0.15) is 0 Å². The van der Waals surface area contributed by atoms with Crippen molar-refractivity contribution in [3.63, 3.8) is 0 Å². The van der Waals surface area contributed by atoms with Crippen LogP contribution in [0.15, 0.2) is 0 Å². The van der Waals surface area contributed by atoms with Gasteiger partial charge in [0.05, 0.1) is 13.0 Å². The number of likely N-dealkylation sites (N-methyl/N-ethyl adjacent to an activating group) is 1. The molecule has 5 N–H and O–H groups in total. The van der Waals surface area contributed by atoms with Crippen LogP contribution in [0.3, 0.4) is 0 Å². The predicted octanol–water partition coefficient (Wildman–Crippen LogP) is -2.36. The molecule has 0 aromatic carbocycles. The molecule has 1 fully saturated rings. The van der Waals surface area contributed by atoms with E-state index in [1.54, 1.807) is 7.05 Å². The standard InChI is InChI=1S/C12H20N4O5/c1-14-6-10(18)16-4-2-3-8(16)11(19)15-7(12(20)21)5-9(13)17/h7-8,14H,2-6H2,1H3,(H2,13,17)(H,15,19)(H,20,21). The second-order valence-corrected chi connectivity index (χ2v) is 4.85. The summed E-state index contributed by atoms with van der Waals surface area (Å²) in [4.78, 5) is 47.2. The topological polar surface area (TPSA) is 142 Å². The van der Waals surface area contributed by atoms with Crippen LogP contribution in [-0.2, 0) is 19.2 Å². The number of carboxylic acids is 1. The lowest BCUT2D eigenvalue weighted by atomic mass is 10.1. The Morgan fingerprint density at radius 1 is 1.38 bits per heavy atom. The highest BCUT2D eigenvalue weighted by molar-refractivity contribution is 5.92. The van der Waals surface area contributed by atoms with E-state index in [2.05, 4.69) is 10.6 Å². The van der Waals surface area contributed by atoms with Gasteiger partial charge in [0, 0.05) is 6.54 Å². The predicted molar refractivity (Wildman–Crippen MR) is 72.0 cm³/mol. The van der Waals surface area contributed by atoms with Gasteiger partial charge in [-0.15, -0.1) is 0 Å². The zero-order valence-corrected chi connectivity index (χ0v) is 11.8. The van der Waals surface area contributed by atoms with E-state index in [1.165, 1.54) is 4.90 Å². The van der Waals surface area contributed by atoms with Crippen molar-refractivity contribution in [2.75, 3.05) is 20.1 Å². The van der Waals surface area contributed by atoms with Gasteiger partial charge in [0.25, 0.3) is 0 Å². The van der Waals surface area contributed by atoms with E-state index in [0.29, 0.717) is 19.4 Å². The van der Waals surface area contributed by atoms with Crippen molar-refractivity contribution in [3.05, 3.63) is 0 Å². The van der Waals surface area contributed by atoms with Gasteiger partial charge in [0.1, 0.15) is 12.1 Å². The van der Waals surface area contributed by atoms with Crippen LogP contribution < -0.4 is 16.4 Å². The minimum atomic E-state index is -1.38. The lowest BCUT2D eigenvalue weighted by molar-refractivity contribution is -0.145. The van der Waals surface area contributed by atoms with Crippen LogP contribution in [0, 0.1) is 0 Å². The summed E-state index contributed by atoms with van der Waals surface area (Å²) < 4.78 is 0. The number of primary amides is 1. The Morgan fingerprint density at radius 2 is 2.05 bits per heavy atom. The molecule has 1 aliphatic rings. The quantitative estimate of drug-likeness (QED) is 0.414. The summed E-state index contributed by atoms with van der Waals surface area (Å²) in [6, 6.07) is -2.09. The Hall–Kier alpha value is -2.16. The number of aliphatic carboxylic acids is 1. The van der Waals surface area contributed by atoms with Crippen LogP contribution in [0.2, 0.25) is 0 Å². The van der Waals surface area contributed by atoms with Crippen molar-refractivity contribution in [3.8, 4) is 0 Å². The number of nitrogens with zero attached hydrogens (tertiary/aromatic N) is 1. The summed E-state index contributed by atoms with van der Waals surface area (Å²) in [6.45, 7) is 0.555. The molecule has 3 amide bonds. The van der Waals surface area contributed by atoms with Crippen molar-refractivity contribution >= 4 is 23.7 Å². The molecule has 0 bridgehead atoms. The Kier molecular flexibility index (Phi) is 6.10. The molecule has 0 aliphatic carbocycles. The number of carbonyl (C=O) groups excluding carboxylic acids is 3. The summed E-state index contributed by atoms with van der Waals surface area (Å²) >= 11 is 0. The van der Waals surface area contributed by atoms with Gasteiger partial charge in [-0.25, -0.2) is 4.79 Å². The average molecular weight is 300 g/mol. The highest BCUT2D eigenvalue weighted by atomic mass is 16.4. The molecule has 0 spiro atoms. The molecule has 2 atom stereocenters. The molecule has 1 aliphatic heterocycles. The number of hydrogen-bond acceptors (Lipinski definition) is 5. The normalized spacial score (nSPS) is 19.1. The minimum absolute atomic E-state index is 0.105. The first-order chi connectivity index (χ1) is 9.86. The molecule has 1 saturated heterocycles. The van der Waals surface area contributed by atoms with Gasteiger partial charge in [-0.05, 0) is 19.9 Å². The zero-order chi connectivity index (χ0) is 16.0. The maximum atomic E-state index is 12.1. The van der Waals surface area contributed by atoms with E-state index < -0.39 is 36.3 Å². The first-order valence-corrected chi connectivity index (χ1v) is 6.62. The summed E-state index contributed by atoms with van der Waals surface area (Å²) in [5.74, 6) is -2.96. The van der Waals surface area contributed by atoms with Crippen molar-refractivity contribution in [2.45, 2.75) is 31.3 Å². The number of amides is 3. The number of rotatable bonds is 7. The molecule has 0 aromatic rings. The minimum Gasteiger partial charge on any atom is -0.480 e. The van der Waals surface area contributed by atoms with Crippen LogP contribution in [-0.4, -0.2) is 65.9 Å². The number of carbonyl (C=O) groups is 4. The Balaban J connectivity index is 2.70. The average Bonchev–Trinajstić information content (AvgIpc) is 2.86. The molecule has 9 heteroatoms. The molecular weight excluding hydrogens is 280 g/mol. The van der Waals surface area contributed by atoms with E-state index in [4.69, 9.17) is 10.8 Å². The van der Waals surface area contributed by atoms with Crippen molar-refractivity contribution in [2.24, 2.45) is 5.73 Å². The fourth-order valence-corrected chi connectivity index (χ4v) is 2.26. The van der Waals surface area contributed by atoms with Crippen LogP contribution in [0.25, 0.3) is 0 Å². The SMILES string of the molecule is CNCC(=O)N1CCCC1C(=O)NC(CC(N)=O)C(=O)O. The van der Waals surface area contributed by atoms with Gasteiger partial charge >= 0.3 is 5.97 Å². The number of carboxylic acid groups (broad SMARTS) is 1. The van der Waals surface area contributed by atoms with Crippen LogP contribution in [0.5, 0.6) is 0 Å². The van der Waals surface area contributed by atoms with E-state index in [9.17, 15) is 19.2 Å². The van der Waals surface area contributed by atoms with Crippen molar-refractivity contribution < 1.29 is 24.3 Å². The van der Waals surface area contributed by atoms with Crippen LogP contribution >= 0.6 is 0 Å². The Morgan fingerprint density at radius 3 is 2.57 bits per heavy atom. The first kappa shape index (κ1) is 16.9. The second-order valence-electron chi connectivity index (χ2n) is 4.85. The fourth-order valence-electron chi connectivity index (χ4n) is 2.26. The molecule has 9 nitrogen and oxygen atoms in total. The molecule has 118 valence electrons. The molecular formula is C12H20N4O5. The third-order valence-electron chi connectivity index (χ3n) is 3.22. The third kappa shape index (κ3) is 4.71. The van der Waals surface area contributed by atoms with E-state index in [-0.39, 0.29) is 12.5 Å². The summed E-state index contributed by atoms with van der Waals surface area (Å²) in [5, 5.41) is 13.9. The molecule has 0 radical (unpaired) electrons. The molecule has 0 saturated carbocycles.